The molecule has 0 radical (unpaired) electrons. The van der Waals surface area contributed by atoms with Gasteiger partial charge in [0.25, 0.3) is 0 Å². The second-order valence-corrected chi connectivity index (χ2v) is 9.06. The highest BCUT2D eigenvalue weighted by molar-refractivity contribution is 5.95. The van der Waals surface area contributed by atoms with Gasteiger partial charge in [-0.25, -0.2) is 14.3 Å². The van der Waals surface area contributed by atoms with Crippen molar-refractivity contribution in [1.29, 1.82) is 0 Å². The van der Waals surface area contributed by atoms with Crippen LogP contribution in [0.1, 0.15) is 45.7 Å². The first-order valence-electron chi connectivity index (χ1n) is 12.2. The quantitative estimate of drug-likeness (QED) is 0.406. The van der Waals surface area contributed by atoms with Crippen LogP contribution < -0.4 is 15.4 Å². The van der Waals surface area contributed by atoms with Crippen molar-refractivity contribution in [3.8, 4) is 22.7 Å². The number of nitrogens with one attached hydrogen (secondary N) is 2. The number of carbonyl (C=O) groups is 2. The zero-order chi connectivity index (χ0) is 25.7. The number of para-hydroxylation sites is 1. The number of rotatable bonds is 9. The number of hydrogen-bond acceptors (Lipinski definition) is 5. The molecule has 0 spiro atoms. The molecule has 36 heavy (non-hydrogen) atoms. The second-order valence-electron chi connectivity index (χ2n) is 9.06. The summed E-state index contributed by atoms with van der Waals surface area (Å²) in [6.45, 7) is 8.65. The molecule has 2 aromatic carbocycles. The largest absolute Gasteiger partial charge is 0.494 e. The van der Waals surface area contributed by atoms with Crippen molar-refractivity contribution in [2.75, 3.05) is 13.2 Å². The Balaban J connectivity index is 1.77. The molecule has 0 bridgehead atoms. The van der Waals surface area contributed by atoms with Crippen molar-refractivity contribution in [3.63, 3.8) is 0 Å². The third-order valence-electron chi connectivity index (χ3n) is 5.93. The molecule has 1 aromatic heterocycles. The van der Waals surface area contributed by atoms with E-state index in [-0.39, 0.29) is 6.61 Å². The number of hydrogen-bond donors (Lipinski definition) is 2. The van der Waals surface area contributed by atoms with E-state index in [1.807, 2.05) is 60.8 Å². The van der Waals surface area contributed by atoms with Crippen molar-refractivity contribution < 1.29 is 19.1 Å². The Morgan fingerprint density at radius 2 is 1.83 bits per heavy atom. The van der Waals surface area contributed by atoms with Crippen LogP contribution in [0.3, 0.4) is 0 Å². The normalized spacial score (nSPS) is 15.5. The minimum absolute atomic E-state index is 0.227. The molecule has 188 valence electrons. The van der Waals surface area contributed by atoms with E-state index >= 15 is 0 Å². The molecular weight excluding hydrogens is 456 g/mol. The number of ether oxygens (including phenoxy) is 2. The summed E-state index contributed by atoms with van der Waals surface area (Å²) in [6, 6.07) is 16.3. The fraction of sp³-hybridized carbons (Fsp3) is 0.321. The van der Waals surface area contributed by atoms with Crippen LogP contribution in [0, 0.1) is 5.92 Å². The number of benzene rings is 2. The molecule has 8 heteroatoms. The van der Waals surface area contributed by atoms with Gasteiger partial charge in [0.1, 0.15) is 5.75 Å². The van der Waals surface area contributed by atoms with E-state index in [1.54, 1.807) is 18.5 Å². The minimum Gasteiger partial charge on any atom is -0.494 e. The lowest BCUT2D eigenvalue weighted by Crippen LogP contribution is -2.45. The third kappa shape index (κ3) is 5.59. The summed E-state index contributed by atoms with van der Waals surface area (Å²) in [5.74, 6) is 0.862. The Hall–Kier alpha value is -4.07. The average molecular weight is 489 g/mol. The molecule has 3 aromatic rings. The number of amides is 2. The Bertz CT molecular complexity index is 1250. The molecule has 4 rings (SSSR count). The van der Waals surface area contributed by atoms with E-state index in [2.05, 4.69) is 24.5 Å². The maximum absolute atomic E-state index is 12.9. The van der Waals surface area contributed by atoms with Crippen molar-refractivity contribution in [1.82, 2.24) is 20.4 Å². The molecular formula is C28H32N4O4. The number of aromatic nitrogens is 2. The zero-order valence-corrected chi connectivity index (χ0v) is 21.1. The van der Waals surface area contributed by atoms with Crippen LogP contribution in [0.15, 0.2) is 72.1 Å². The van der Waals surface area contributed by atoms with Gasteiger partial charge >= 0.3 is 12.0 Å². The van der Waals surface area contributed by atoms with Crippen LogP contribution in [-0.2, 0) is 9.53 Å². The first-order valence-corrected chi connectivity index (χ1v) is 12.2. The zero-order valence-electron chi connectivity index (χ0n) is 21.1. The van der Waals surface area contributed by atoms with E-state index in [1.165, 1.54) is 0 Å². The summed E-state index contributed by atoms with van der Waals surface area (Å²) in [5, 5.41) is 10.4. The summed E-state index contributed by atoms with van der Waals surface area (Å²) >= 11 is 0. The molecule has 0 fully saturated rings. The maximum Gasteiger partial charge on any atom is 0.338 e. The second kappa shape index (κ2) is 11.1. The Kier molecular flexibility index (Phi) is 7.73. The molecule has 0 aliphatic carbocycles. The Morgan fingerprint density at radius 1 is 1.11 bits per heavy atom. The van der Waals surface area contributed by atoms with Crippen LogP contribution in [0.5, 0.6) is 5.75 Å². The summed E-state index contributed by atoms with van der Waals surface area (Å²) in [7, 11) is 0. The van der Waals surface area contributed by atoms with Crippen molar-refractivity contribution in [2.24, 2.45) is 5.92 Å². The molecule has 1 aliphatic heterocycles. The summed E-state index contributed by atoms with van der Waals surface area (Å²) in [6.07, 6.45) is 2.83. The third-order valence-corrected chi connectivity index (χ3v) is 5.93. The van der Waals surface area contributed by atoms with Gasteiger partial charge in [0.15, 0.2) is 0 Å². The van der Waals surface area contributed by atoms with Gasteiger partial charge in [-0.2, -0.15) is 5.10 Å². The fourth-order valence-electron chi connectivity index (χ4n) is 4.06. The predicted molar refractivity (Wildman–Crippen MR) is 138 cm³/mol. The van der Waals surface area contributed by atoms with Gasteiger partial charge in [0, 0.05) is 23.0 Å². The van der Waals surface area contributed by atoms with Crippen LogP contribution in [-0.4, -0.2) is 35.0 Å². The standard InChI is InChI=1S/C28H32N4O4/c1-5-35-27(33)24-19(4)29-28(34)30-26(24)23-17-32(21-9-7-6-8-10-21)31-25(23)20-11-13-22(14-12-20)36-16-15-18(2)3/h6-14,17-18,26H,5,15-16H2,1-4H3,(H2,29,30,34)/t26-/m0/s1. The van der Waals surface area contributed by atoms with Crippen molar-refractivity contribution in [2.45, 2.75) is 40.2 Å². The molecule has 0 saturated carbocycles. The van der Waals surface area contributed by atoms with Gasteiger partial charge in [-0.05, 0) is 62.6 Å². The van der Waals surface area contributed by atoms with Crippen LogP contribution in [0.25, 0.3) is 16.9 Å². The number of urea groups is 1. The molecule has 2 N–H and O–H groups in total. The number of carbonyl (C=O) groups excluding carboxylic acids is 2. The Morgan fingerprint density at radius 3 is 2.50 bits per heavy atom. The van der Waals surface area contributed by atoms with Gasteiger partial charge in [-0.15, -0.1) is 0 Å². The molecule has 1 atom stereocenters. The molecule has 2 heterocycles. The predicted octanol–water partition coefficient (Wildman–Crippen LogP) is 5.16. The SMILES string of the molecule is CCOC(=O)C1=C(C)NC(=O)N[C@H]1c1cn(-c2ccccc2)nc1-c1ccc(OCCC(C)C)cc1. The highest BCUT2D eigenvalue weighted by atomic mass is 16.5. The van der Waals surface area contributed by atoms with Gasteiger partial charge in [0.2, 0.25) is 0 Å². The van der Waals surface area contributed by atoms with E-state index in [9.17, 15) is 9.59 Å². The number of esters is 1. The topological polar surface area (TPSA) is 94.5 Å². The Labute approximate surface area is 211 Å². The monoisotopic (exact) mass is 488 g/mol. The molecule has 1 aliphatic rings. The van der Waals surface area contributed by atoms with Gasteiger partial charge in [-0.1, -0.05) is 32.0 Å². The van der Waals surface area contributed by atoms with Gasteiger partial charge in [0.05, 0.1) is 36.2 Å². The highest BCUT2D eigenvalue weighted by Gasteiger charge is 2.35. The first kappa shape index (κ1) is 25.0. The lowest BCUT2D eigenvalue weighted by Gasteiger charge is -2.27. The lowest BCUT2D eigenvalue weighted by molar-refractivity contribution is -0.139. The molecule has 2 amide bonds. The van der Waals surface area contributed by atoms with Crippen molar-refractivity contribution in [3.05, 3.63) is 77.6 Å². The first-order chi connectivity index (χ1) is 17.4. The summed E-state index contributed by atoms with van der Waals surface area (Å²) in [5.41, 5.74) is 3.83. The average Bonchev–Trinajstić information content (AvgIpc) is 3.30. The number of allylic oxidation sites excluding steroid dienone is 1. The molecule has 0 unspecified atom stereocenters. The summed E-state index contributed by atoms with van der Waals surface area (Å²) in [4.78, 5) is 25.3. The van der Waals surface area contributed by atoms with Crippen LogP contribution in [0.4, 0.5) is 4.79 Å². The van der Waals surface area contributed by atoms with Crippen LogP contribution in [0.2, 0.25) is 0 Å². The van der Waals surface area contributed by atoms with Crippen LogP contribution >= 0.6 is 0 Å². The maximum atomic E-state index is 12.9. The minimum atomic E-state index is -0.729. The summed E-state index contributed by atoms with van der Waals surface area (Å²) < 4.78 is 12.9. The smallest absolute Gasteiger partial charge is 0.338 e. The van der Waals surface area contributed by atoms with E-state index in [0.717, 1.165) is 23.4 Å². The van der Waals surface area contributed by atoms with Crippen molar-refractivity contribution >= 4 is 12.0 Å². The van der Waals surface area contributed by atoms with Gasteiger partial charge < -0.3 is 20.1 Å². The van der Waals surface area contributed by atoms with E-state index < -0.39 is 18.0 Å². The highest BCUT2D eigenvalue weighted by Crippen LogP contribution is 2.35. The fourth-order valence-corrected chi connectivity index (χ4v) is 4.06. The van der Waals surface area contributed by atoms with E-state index in [4.69, 9.17) is 14.6 Å². The lowest BCUT2D eigenvalue weighted by atomic mass is 9.94. The number of nitrogens with zero attached hydrogens (tertiary/aromatic N) is 2. The molecule has 0 saturated heterocycles. The van der Waals surface area contributed by atoms with Gasteiger partial charge in [-0.3, -0.25) is 0 Å². The molecule has 8 nitrogen and oxygen atoms in total. The van der Waals surface area contributed by atoms with E-state index in [0.29, 0.717) is 35.1 Å².